The molecule has 1 aromatic carbocycles. The fourth-order valence-electron chi connectivity index (χ4n) is 3.52. The lowest BCUT2D eigenvalue weighted by Crippen LogP contribution is -2.44. The van der Waals surface area contributed by atoms with Crippen molar-refractivity contribution >= 4 is 15.9 Å². The molecule has 1 aliphatic carbocycles. The molecule has 1 N–H and O–H groups in total. The van der Waals surface area contributed by atoms with Crippen molar-refractivity contribution in [3.05, 3.63) is 23.8 Å². The minimum Gasteiger partial charge on any atom is -0.493 e. The lowest BCUT2D eigenvalue weighted by molar-refractivity contribution is 0.0949. The third kappa shape index (κ3) is 6.10. The number of nitrogens with zero attached hydrogens (tertiary/aromatic N) is 1. The van der Waals surface area contributed by atoms with Gasteiger partial charge >= 0.3 is 0 Å². The number of rotatable bonds is 8. The molecule has 7 nitrogen and oxygen atoms in total. The van der Waals surface area contributed by atoms with Crippen LogP contribution in [0.25, 0.3) is 0 Å². The van der Waals surface area contributed by atoms with Crippen molar-refractivity contribution in [3.8, 4) is 11.5 Å². The van der Waals surface area contributed by atoms with E-state index in [2.05, 4.69) is 5.32 Å². The van der Waals surface area contributed by atoms with Crippen LogP contribution in [0.15, 0.2) is 18.2 Å². The van der Waals surface area contributed by atoms with Gasteiger partial charge in [-0.1, -0.05) is 25.7 Å². The Bertz CT molecular complexity index is 728. The summed E-state index contributed by atoms with van der Waals surface area (Å²) in [7, 11) is -0.275. The molecular weight excluding hydrogens is 368 g/mol. The molecule has 1 amide bonds. The van der Waals surface area contributed by atoms with E-state index in [0.29, 0.717) is 17.1 Å². The summed E-state index contributed by atoms with van der Waals surface area (Å²) in [5.74, 6) is 0.748. The fraction of sp³-hybridized carbons (Fsp3) is 0.632. The molecule has 1 fully saturated rings. The van der Waals surface area contributed by atoms with Crippen molar-refractivity contribution in [2.75, 3.05) is 33.6 Å². The maximum absolute atomic E-state index is 12.4. The summed E-state index contributed by atoms with van der Waals surface area (Å²) in [6.07, 6.45) is 7.43. The van der Waals surface area contributed by atoms with Crippen molar-refractivity contribution < 1.29 is 22.7 Å². The van der Waals surface area contributed by atoms with Gasteiger partial charge < -0.3 is 14.8 Å². The molecule has 0 saturated heterocycles. The predicted octanol–water partition coefficient (Wildman–Crippen LogP) is 2.42. The first kappa shape index (κ1) is 21.5. The zero-order valence-electron chi connectivity index (χ0n) is 16.4. The maximum Gasteiger partial charge on any atom is 0.251 e. The number of carbonyl (C=O) groups is 1. The third-order valence-corrected chi connectivity index (χ3v) is 6.25. The molecule has 0 radical (unpaired) electrons. The van der Waals surface area contributed by atoms with Crippen LogP contribution in [-0.2, 0) is 10.0 Å². The fourth-order valence-corrected chi connectivity index (χ4v) is 4.70. The molecule has 1 saturated carbocycles. The van der Waals surface area contributed by atoms with Crippen LogP contribution in [0.2, 0.25) is 0 Å². The first-order chi connectivity index (χ1) is 12.9. The van der Waals surface area contributed by atoms with Gasteiger partial charge in [-0.05, 0) is 31.0 Å². The summed E-state index contributed by atoms with van der Waals surface area (Å²) in [4.78, 5) is 12.4. The minimum absolute atomic E-state index is 0.0282. The highest BCUT2D eigenvalue weighted by Gasteiger charge is 2.27. The number of carbonyl (C=O) groups excluding carboxylic acids is 1. The van der Waals surface area contributed by atoms with E-state index in [0.717, 1.165) is 38.5 Å². The second-order valence-corrected chi connectivity index (χ2v) is 8.78. The van der Waals surface area contributed by atoms with E-state index in [1.807, 2.05) is 0 Å². The van der Waals surface area contributed by atoms with Crippen LogP contribution in [0, 0.1) is 0 Å². The van der Waals surface area contributed by atoms with Crippen molar-refractivity contribution in [2.45, 2.75) is 44.6 Å². The molecule has 1 aromatic rings. The van der Waals surface area contributed by atoms with Crippen molar-refractivity contribution in [2.24, 2.45) is 0 Å². The van der Waals surface area contributed by atoms with E-state index in [1.54, 1.807) is 22.5 Å². The van der Waals surface area contributed by atoms with Gasteiger partial charge in [0, 0.05) is 24.7 Å². The summed E-state index contributed by atoms with van der Waals surface area (Å²) in [5.41, 5.74) is 0.438. The maximum atomic E-state index is 12.4. The molecule has 152 valence electrons. The van der Waals surface area contributed by atoms with E-state index in [9.17, 15) is 13.2 Å². The van der Waals surface area contributed by atoms with Gasteiger partial charge in [-0.3, -0.25) is 4.79 Å². The van der Waals surface area contributed by atoms with Gasteiger partial charge in [0.05, 0.1) is 20.5 Å². The van der Waals surface area contributed by atoms with E-state index in [-0.39, 0.29) is 25.0 Å². The number of amides is 1. The van der Waals surface area contributed by atoms with Gasteiger partial charge in [0.25, 0.3) is 5.91 Å². The Morgan fingerprint density at radius 2 is 1.74 bits per heavy atom. The molecule has 1 aliphatic rings. The largest absolute Gasteiger partial charge is 0.493 e. The molecule has 0 spiro atoms. The summed E-state index contributed by atoms with van der Waals surface area (Å²) in [6.45, 7) is 0.541. The van der Waals surface area contributed by atoms with Crippen LogP contribution in [-0.4, -0.2) is 58.2 Å². The second-order valence-electron chi connectivity index (χ2n) is 6.84. The molecule has 8 heteroatoms. The van der Waals surface area contributed by atoms with Crippen molar-refractivity contribution in [1.82, 2.24) is 9.62 Å². The predicted molar refractivity (Wildman–Crippen MR) is 105 cm³/mol. The van der Waals surface area contributed by atoms with Gasteiger partial charge in [0.1, 0.15) is 0 Å². The van der Waals surface area contributed by atoms with Gasteiger partial charge in [-0.25, -0.2) is 8.42 Å². The highest BCUT2D eigenvalue weighted by atomic mass is 32.2. The smallest absolute Gasteiger partial charge is 0.251 e. The molecule has 0 heterocycles. The van der Waals surface area contributed by atoms with Crippen LogP contribution in [0.3, 0.4) is 0 Å². The normalized spacial score (nSPS) is 16.0. The molecule has 0 bridgehead atoms. The van der Waals surface area contributed by atoms with E-state index < -0.39 is 10.0 Å². The monoisotopic (exact) mass is 398 g/mol. The SMILES string of the molecule is COc1ccc(C(=O)NCCN(C2CCCCCC2)S(C)(=O)=O)cc1OC. The zero-order valence-corrected chi connectivity index (χ0v) is 17.2. The zero-order chi connectivity index (χ0) is 19.9. The third-order valence-electron chi connectivity index (χ3n) is 4.92. The van der Waals surface area contributed by atoms with Crippen LogP contribution in [0.4, 0.5) is 0 Å². The van der Waals surface area contributed by atoms with E-state index in [4.69, 9.17) is 9.47 Å². The first-order valence-corrected chi connectivity index (χ1v) is 11.2. The van der Waals surface area contributed by atoms with E-state index >= 15 is 0 Å². The highest BCUT2D eigenvalue weighted by molar-refractivity contribution is 7.88. The highest BCUT2D eigenvalue weighted by Crippen LogP contribution is 2.27. The number of ether oxygens (including phenoxy) is 2. The van der Waals surface area contributed by atoms with Crippen molar-refractivity contribution in [1.29, 1.82) is 0 Å². The Kier molecular flexibility index (Phi) is 7.91. The van der Waals surface area contributed by atoms with Crippen molar-refractivity contribution in [3.63, 3.8) is 0 Å². The summed E-state index contributed by atoms with van der Waals surface area (Å²) >= 11 is 0. The lowest BCUT2D eigenvalue weighted by Gasteiger charge is -2.29. The van der Waals surface area contributed by atoms with Crippen LogP contribution in [0.1, 0.15) is 48.9 Å². The molecule has 27 heavy (non-hydrogen) atoms. The topological polar surface area (TPSA) is 84.9 Å². The Labute approximate surface area is 162 Å². The molecule has 0 aliphatic heterocycles. The van der Waals surface area contributed by atoms with E-state index in [1.165, 1.54) is 20.5 Å². The number of hydrogen-bond acceptors (Lipinski definition) is 5. The van der Waals surface area contributed by atoms with Gasteiger partial charge in [-0.15, -0.1) is 0 Å². The Hall–Kier alpha value is -1.80. The average Bonchev–Trinajstić information content (AvgIpc) is 2.92. The summed E-state index contributed by atoms with van der Waals surface area (Å²) in [5, 5.41) is 2.80. The van der Waals surface area contributed by atoms with Gasteiger partial charge in [0.15, 0.2) is 11.5 Å². The number of methoxy groups -OCH3 is 2. The Morgan fingerprint density at radius 1 is 1.11 bits per heavy atom. The second kappa shape index (κ2) is 9.94. The number of sulfonamides is 1. The van der Waals surface area contributed by atoms with Crippen LogP contribution in [0.5, 0.6) is 11.5 Å². The van der Waals surface area contributed by atoms with Crippen LogP contribution < -0.4 is 14.8 Å². The molecule has 2 rings (SSSR count). The average molecular weight is 399 g/mol. The van der Waals surface area contributed by atoms with Crippen LogP contribution >= 0.6 is 0 Å². The summed E-state index contributed by atoms with van der Waals surface area (Å²) < 4.78 is 36.4. The molecule has 0 aromatic heterocycles. The van der Waals surface area contributed by atoms with Gasteiger partial charge in [-0.2, -0.15) is 4.31 Å². The quantitative estimate of drug-likeness (QED) is 0.680. The minimum atomic E-state index is -3.32. The standard InChI is InChI=1S/C19H30N2O5S/c1-25-17-11-10-15(14-18(17)26-2)19(22)20-12-13-21(27(3,23)24)16-8-6-4-5-7-9-16/h10-11,14,16H,4-9,12-13H2,1-3H3,(H,20,22). The molecule has 0 atom stereocenters. The Balaban J connectivity index is 1.98. The number of benzene rings is 1. The Morgan fingerprint density at radius 3 is 2.30 bits per heavy atom. The molecular formula is C19H30N2O5S. The van der Waals surface area contributed by atoms with Gasteiger partial charge in [0.2, 0.25) is 10.0 Å². The lowest BCUT2D eigenvalue weighted by atomic mass is 10.1. The molecule has 0 unspecified atom stereocenters. The first-order valence-electron chi connectivity index (χ1n) is 9.34. The number of hydrogen-bond donors (Lipinski definition) is 1. The summed E-state index contributed by atoms with van der Waals surface area (Å²) in [6, 6.07) is 4.95. The number of nitrogens with one attached hydrogen (secondary N) is 1.